The summed E-state index contributed by atoms with van der Waals surface area (Å²) in [5, 5.41) is 10.6. The largest absolute Gasteiger partial charge is 0.480 e. The summed E-state index contributed by atoms with van der Waals surface area (Å²) in [6.45, 7) is 2.01. The highest BCUT2D eigenvalue weighted by Crippen LogP contribution is 2.58. The lowest BCUT2D eigenvalue weighted by atomic mass is 9.93. The average Bonchev–Trinajstić information content (AvgIpc) is 3.06. The van der Waals surface area contributed by atoms with Gasteiger partial charge in [-0.15, -0.1) is 11.3 Å². The zero-order valence-corrected chi connectivity index (χ0v) is 17.0. The van der Waals surface area contributed by atoms with Crippen LogP contribution in [0.2, 0.25) is 5.02 Å². The first-order valence-electron chi connectivity index (χ1n) is 8.53. The molecule has 1 aliphatic rings. The van der Waals surface area contributed by atoms with Crippen LogP contribution >= 0.6 is 34.9 Å². The predicted molar refractivity (Wildman–Crippen MR) is 113 cm³/mol. The van der Waals surface area contributed by atoms with Crippen molar-refractivity contribution >= 4 is 40.9 Å². The summed E-state index contributed by atoms with van der Waals surface area (Å²) in [7, 11) is 0. The van der Waals surface area contributed by atoms with E-state index in [0.29, 0.717) is 11.4 Å². The number of halogens is 1. The van der Waals surface area contributed by atoms with Crippen molar-refractivity contribution in [2.24, 2.45) is 0 Å². The molecule has 2 N–H and O–H groups in total. The smallest absolute Gasteiger partial charge is 0.325 e. The first-order valence-corrected chi connectivity index (χ1v) is 10.5. The van der Waals surface area contributed by atoms with E-state index in [2.05, 4.69) is 10.8 Å². The van der Waals surface area contributed by atoms with Crippen molar-refractivity contribution in [3.05, 3.63) is 77.3 Å². The second-order valence-corrected chi connectivity index (χ2v) is 9.54. The Labute approximate surface area is 171 Å². The molecule has 1 aliphatic carbocycles. The maximum atomic E-state index is 12.1. The van der Waals surface area contributed by atoms with Gasteiger partial charge in [0.15, 0.2) is 0 Å². The van der Waals surface area contributed by atoms with Gasteiger partial charge in [-0.1, -0.05) is 61.0 Å². The zero-order valence-electron chi connectivity index (χ0n) is 14.6. The standard InChI is InChI=1S/C21H18ClNO2S2/c1-20(15-5-3-2-4-6-15)13-21(20,19(24)25)23-27-18-12-11-17(26-18)14-7-9-16(22)10-8-14/h2-12,23H,13H2,1H3,(H,24,25). The molecule has 0 radical (unpaired) electrons. The van der Waals surface area contributed by atoms with Crippen LogP contribution in [0, 0.1) is 0 Å². The molecular formula is C21H18ClNO2S2. The summed E-state index contributed by atoms with van der Waals surface area (Å²) < 4.78 is 4.29. The maximum Gasteiger partial charge on any atom is 0.325 e. The number of nitrogens with one attached hydrogen (secondary N) is 1. The third-order valence-electron chi connectivity index (χ3n) is 5.25. The number of rotatable bonds is 6. The van der Waals surface area contributed by atoms with Gasteiger partial charge in [0.2, 0.25) is 0 Å². The average molecular weight is 416 g/mol. The molecule has 6 heteroatoms. The SMILES string of the molecule is CC1(c2ccccc2)CC1(NSc1ccc(-c2ccc(Cl)cc2)s1)C(=O)O. The number of aliphatic carboxylic acids is 1. The second kappa shape index (κ2) is 6.99. The summed E-state index contributed by atoms with van der Waals surface area (Å²) in [5.41, 5.74) is 0.783. The molecule has 1 saturated carbocycles. The fourth-order valence-corrected chi connectivity index (χ4v) is 5.65. The Hall–Kier alpha value is -1.79. The Kier molecular flexibility index (Phi) is 4.80. The summed E-state index contributed by atoms with van der Waals surface area (Å²) >= 11 is 8.98. The second-order valence-electron chi connectivity index (χ2n) is 6.92. The Morgan fingerprint density at radius 1 is 1.11 bits per heavy atom. The molecule has 0 aliphatic heterocycles. The lowest BCUT2D eigenvalue weighted by Crippen LogP contribution is -2.41. The van der Waals surface area contributed by atoms with E-state index in [4.69, 9.17) is 11.6 Å². The van der Waals surface area contributed by atoms with Crippen molar-refractivity contribution in [1.29, 1.82) is 0 Å². The molecule has 2 atom stereocenters. The van der Waals surface area contributed by atoms with E-state index in [0.717, 1.165) is 20.2 Å². The molecule has 0 amide bonds. The van der Waals surface area contributed by atoms with Crippen LogP contribution in [0.25, 0.3) is 10.4 Å². The Bertz CT molecular complexity index is 973. The number of hydrogen-bond acceptors (Lipinski definition) is 4. The molecule has 0 spiro atoms. The lowest BCUT2D eigenvalue weighted by molar-refractivity contribution is -0.140. The fourth-order valence-electron chi connectivity index (χ4n) is 3.43. The Balaban J connectivity index is 1.51. The minimum atomic E-state index is -0.955. The zero-order chi connectivity index (χ0) is 19.1. The number of carbonyl (C=O) groups is 1. The summed E-state index contributed by atoms with van der Waals surface area (Å²) in [4.78, 5) is 13.2. The van der Waals surface area contributed by atoms with Crippen molar-refractivity contribution in [2.45, 2.75) is 28.5 Å². The van der Waals surface area contributed by atoms with Gasteiger partial charge < -0.3 is 5.11 Å². The van der Waals surface area contributed by atoms with Gasteiger partial charge in [-0.2, -0.15) is 0 Å². The third kappa shape index (κ3) is 3.29. The van der Waals surface area contributed by atoms with Crippen molar-refractivity contribution < 1.29 is 9.90 Å². The van der Waals surface area contributed by atoms with E-state index >= 15 is 0 Å². The molecule has 1 fully saturated rings. The number of hydrogen-bond donors (Lipinski definition) is 2. The van der Waals surface area contributed by atoms with E-state index in [1.54, 1.807) is 11.3 Å². The van der Waals surface area contributed by atoms with Gasteiger partial charge in [-0.3, -0.25) is 4.79 Å². The van der Waals surface area contributed by atoms with Gasteiger partial charge in [-0.25, -0.2) is 4.72 Å². The molecule has 1 heterocycles. The van der Waals surface area contributed by atoms with Crippen LogP contribution in [0.3, 0.4) is 0 Å². The normalized spacial score (nSPS) is 23.9. The molecule has 2 aromatic carbocycles. The van der Waals surface area contributed by atoms with Gasteiger partial charge in [-0.05, 0) is 53.8 Å². The van der Waals surface area contributed by atoms with Crippen LogP contribution < -0.4 is 4.72 Å². The molecule has 4 rings (SSSR count). The van der Waals surface area contributed by atoms with E-state index in [9.17, 15) is 9.90 Å². The Morgan fingerprint density at radius 2 is 1.81 bits per heavy atom. The highest BCUT2D eigenvalue weighted by atomic mass is 35.5. The quantitative estimate of drug-likeness (QED) is 0.496. The molecule has 1 aromatic heterocycles. The highest BCUT2D eigenvalue weighted by molar-refractivity contribution is 7.99. The first kappa shape index (κ1) is 18.6. The lowest BCUT2D eigenvalue weighted by Gasteiger charge is -2.20. The Morgan fingerprint density at radius 3 is 2.48 bits per heavy atom. The minimum absolute atomic E-state index is 0.413. The van der Waals surface area contributed by atoms with Crippen molar-refractivity contribution in [3.63, 3.8) is 0 Å². The van der Waals surface area contributed by atoms with Crippen LogP contribution in [-0.4, -0.2) is 16.6 Å². The fraction of sp³-hybridized carbons (Fsp3) is 0.190. The highest BCUT2D eigenvalue weighted by Gasteiger charge is 2.70. The molecule has 2 unspecified atom stereocenters. The van der Waals surface area contributed by atoms with Crippen molar-refractivity contribution in [2.75, 3.05) is 0 Å². The number of benzene rings is 2. The van der Waals surface area contributed by atoms with Crippen LogP contribution in [0.1, 0.15) is 18.9 Å². The van der Waals surface area contributed by atoms with Gasteiger partial charge in [0, 0.05) is 15.3 Å². The predicted octanol–water partition coefficient (Wildman–Crippen LogP) is 5.85. The molecule has 3 nitrogen and oxygen atoms in total. The molecular weight excluding hydrogens is 398 g/mol. The van der Waals surface area contributed by atoms with Gasteiger partial charge in [0.25, 0.3) is 0 Å². The van der Waals surface area contributed by atoms with Crippen LogP contribution in [0.15, 0.2) is 70.9 Å². The summed E-state index contributed by atoms with van der Waals surface area (Å²) in [6, 6.07) is 21.6. The molecule has 3 aromatic rings. The van der Waals surface area contributed by atoms with Gasteiger partial charge in [0.1, 0.15) is 5.54 Å². The molecule has 0 saturated heterocycles. The van der Waals surface area contributed by atoms with E-state index < -0.39 is 16.9 Å². The van der Waals surface area contributed by atoms with Crippen LogP contribution in [0.5, 0.6) is 0 Å². The summed E-state index contributed by atoms with van der Waals surface area (Å²) in [6.07, 6.45) is 0.571. The molecule has 27 heavy (non-hydrogen) atoms. The van der Waals surface area contributed by atoms with Crippen molar-refractivity contribution in [3.8, 4) is 10.4 Å². The van der Waals surface area contributed by atoms with E-state index in [-0.39, 0.29) is 0 Å². The van der Waals surface area contributed by atoms with Crippen LogP contribution in [-0.2, 0) is 10.2 Å². The van der Waals surface area contributed by atoms with Gasteiger partial charge in [0.05, 0.1) is 4.21 Å². The maximum absolute atomic E-state index is 12.1. The van der Waals surface area contributed by atoms with Crippen molar-refractivity contribution in [1.82, 2.24) is 4.72 Å². The number of carboxylic acid groups (broad SMARTS) is 1. The van der Waals surface area contributed by atoms with Crippen LogP contribution in [0.4, 0.5) is 0 Å². The number of thiophene rings is 1. The third-order valence-corrected chi connectivity index (χ3v) is 7.72. The van der Waals surface area contributed by atoms with E-state index in [1.807, 2.05) is 67.6 Å². The first-order chi connectivity index (χ1) is 12.9. The van der Waals surface area contributed by atoms with Gasteiger partial charge >= 0.3 is 5.97 Å². The topological polar surface area (TPSA) is 49.3 Å². The summed E-state index contributed by atoms with van der Waals surface area (Å²) in [5.74, 6) is -0.809. The minimum Gasteiger partial charge on any atom is -0.480 e. The van der Waals surface area contributed by atoms with E-state index in [1.165, 1.54) is 11.9 Å². The molecule has 0 bridgehead atoms. The number of carboxylic acids is 1. The molecule has 138 valence electrons. The monoisotopic (exact) mass is 415 g/mol.